The zero-order valence-electron chi connectivity index (χ0n) is 10.1. The van der Waals surface area contributed by atoms with Crippen LogP contribution < -0.4 is 10.2 Å². The quantitative estimate of drug-likeness (QED) is 0.739. The van der Waals surface area contributed by atoms with Gasteiger partial charge in [-0.1, -0.05) is 0 Å². The van der Waals surface area contributed by atoms with Crippen molar-refractivity contribution in [2.75, 3.05) is 23.9 Å². The van der Waals surface area contributed by atoms with E-state index in [1.807, 2.05) is 0 Å². The SMILES string of the molecule is CC(CO)N(C)c1cc2c(cc1F)C(O)C(=O)N2. The summed E-state index contributed by atoms with van der Waals surface area (Å²) in [5.41, 5.74) is 0.914. The van der Waals surface area contributed by atoms with Crippen molar-refractivity contribution in [3.63, 3.8) is 0 Å². The number of hydrogen-bond acceptors (Lipinski definition) is 4. The molecule has 6 heteroatoms. The van der Waals surface area contributed by atoms with Crippen molar-refractivity contribution in [2.24, 2.45) is 0 Å². The van der Waals surface area contributed by atoms with Crippen LogP contribution in [0.25, 0.3) is 0 Å². The molecule has 3 N–H and O–H groups in total. The van der Waals surface area contributed by atoms with Crippen LogP contribution in [0.4, 0.5) is 15.8 Å². The van der Waals surface area contributed by atoms with Gasteiger partial charge >= 0.3 is 0 Å². The number of nitrogens with zero attached hydrogens (tertiary/aromatic N) is 1. The number of amides is 1. The Morgan fingerprint density at radius 3 is 2.83 bits per heavy atom. The minimum absolute atomic E-state index is 0.109. The molecule has 0 saturated carbocycles. The number of carbonyl (C=O) groups is 1. The molecule has 0 saturated heterocycles. The van der Waals surface area contributed by atoms with E-state index in [0.717, 1.165) is 6.07 Å². The van der Waals surface area contributed by atoms with Crippen molar-refractivity contribution >= 4 is 17.3 Å². The van der Waals surface area contributed by atoms with Gasteiger partial charge in [0.15, 0.2) is 6.10 Å². The van der Waals surface area contributed by atoms with Crippen molar-refractivity contribution in [1.29, 1.82) is 0 Å². The van der Waals surface area contributed by atoms with Crippen LogP contribution in [0.1, 0.15) is 18.6 Å². The molecule has 2 rings (SSSR count). The third-order valence-electron chi connectivity index (χ3n) is 3.23. The molecular formula is C12H15FN2O3. The van der Waals surface area contributed by atoms with Gasteiger partial charge in [0.25, 0.3) is 5.91 Å². The Labute approximate surface area is 104 Å². The molecule has 18 heavy (non-hydrogen) atoms. The van der Waals surface area contributed by atoms with Gasteiger partial charge in [0.2, 0.25) is 0 Å². The molecule has 0 radical (unpaired) electrons. The molecule has 5 nitrogen and oxygen atoms in total. The molecule has 0 aromatic heterocycles. The number of aliphatic hydroxyl groups is 2. The number of benzene rings is 1. The number of anilines is 2. The molecule has 1 heterocycles. The molecule has 1 aliphatic rings. The van der Waals surface area contributed by atoms with Crippen LogP contribution in [0.2, 0.25) is 0 Å². The van der Waals surface area contributed by atoms with Crippen molar-refractivity contribution in [1.82, 2.24) is 0 Å². The highest BCUT2D eigenvalue weighted by atomic mass is 19.1. The number of carbonyl (C=O) groups excluding carboxylic acids is 1. The van der Waals surface area contributed by atoms with Gasteiger partial charge in [0.1, 0.15) is 5.82 Å². The summed E-state index contributed by atoms with van der Waals surface area (Å²) < 4.78 is 13.9. The third-order valence-corrected chi connectivity index (χ3v) is 3.23. The normalized spacial score (nSPS) is 19.4. The second-order valence-corrected chi connectivity index (χ2v) is 4.43. The lowest BCUT2D eigenvalue weighted by atomic mass is 10.1. The van der Waals surface area contributed by atoms with Crippen LogP contribution in [-0.2, 0) is 4.79 Å². The summed E-state index contributed by atoms with van der Waals surface area (Å²) in [5.74, 6) is -1.09. The maximum absolute atomic E-state index is 13.9. The van der Waals surface area contributed by atoms with Gasteiger partial charge in [0.05, 0.1) is 12.3 Å². The molecule has 2 unspecified atom stereocenters. The molecule has 0 aliphatic carbocycles. The van der Waals surface area contributed by atoms with Gasteiger partial charge < -0.3 is 20.4 Å². The molecule has 0 bridgehead atoms. The minimum Gasteiger partial charge on any atom is -0.394 e. The largest absolute Gasteiger partial charge is 0.394 e. The average molecular weight is 254 g/mol. The predicted octanol–water partition coefficient (Wildman–Crippen LogP) is 0.628. The Balaban J connectivity index is 2.41. The Bertz CT molecular complexity index is 492. The van der Waals surface area contributed by atoms with Crippen LogP contribution in [-0.4, -0.2) is 35.8 Å². The van der Waals surface area contributed by atoms with Crippen molar-refractivity contribution in [3.8, 4) is 0 Å². The Kier molecular flexibility index (Phi) is 3.23. The van der Waals surface area contributed by atoms with Crippen LogP contribution in [0.3, 0.4) is 0 Å². The number of nitrogens with one attached hydrogen (secondary N) is 1. The summed E-state index contributed by atoms with van der Waals surface area (Å²) in [6.45, 7) is 1.64. The monoisotopic (exact) mass is 254 g/mol. The molecule has 1 aromatic rings. The lowest BCUT2D eigenvalue weighted by Gasteiger charge is -2.26. The number of aliphatic hydroxyl groups excluding tert-OH is 2. The van der Waals surface area contributed by atoms with Gasteiger partial charge in [0, 0.05) is 24.3 Å². The van der Waals surface area contributed by atoms with Crippen LogP contribution in [0.15, 0.2) is 12.1 Å². The number of halogens is 1. The first-order chi connectivity index (χ1) is 8.45. The van der Waals surface area contributed by atoms with E-state index < -0.39 is 17.8 Å². The number of hydrogen-bond donors (Lipinski definition) is 3. The van der Waals surface area contributed by atoms with Crippen molar-refractivity contribution in [3.05, 3.63) is 23.5 Å². The van der Waals surface area contributed by atoms with E-state index in [4.69, 9.17) is 5.11 Å². The average Bonchev–Trinajstić information content (AvgIpc) is 2.63. The summed E-state index contributed by atoms with van der Waals surface area (Å²) >= 11 is 0. The zero-order valence-corrected chi connectivity index (χ0v) is 10.1. The molecule has 1 amide bonds. The topological polar surface area (TPSA) is 72.8 Å². The van der Waals surface area contributed by atoms with Gasteiger partial charge in [-0.05, 0) is 19.1 Å². The van der Waals surface area contributed by atoms with Gasteiger partial charge in [-0.15, -0.1) is 0 Å². The molecule has 1 aliphatic heterocycles. The third kappa shape index (κ3) is 1.93. The highest BCUT2D eigenvalue weighted by Gasteiger charge is 2.30. The van der Waals surface area contributed by atoms with E-state index in [0.29, 0.717) is 5.69 Å². The smallest absolute Gasteiger partial charge is 0.257 e. The lowest BCUT2D eigenvalue weighted by Crippen LogP contribution is -2.32. The van der Waals surface area contributed by atoms with Crippen LogP contribution in [0, 0.1) is 5.82 Å². The Morgan fingerprint density at radius 2 is 2.22 bits per heavy atom. The summed E-state index contributed by atoms with van der Waals surface area (Å²) in [6.07, 6.45) is -1.32. The first-order valence-electron chi connectivity index (χ1n) is 5.61. The molecular weight excluding hydrogens is 239 g/mol. The van der Waals surface area contributed by atoms with E-state index >= 15 is 0 Å². The van der Waals surface area contributed by atoms with E-state index in [1.54, 1.807) is 18.9 Å². The number of rotatable bonds is 3. The number of fused-ring (bicyclic) bond motifs is 1. The molecule has 0 spiro atoms. The van der Waals surface area contributed by atoms with Gasteiger partial charge in [-0.2, -0.15) is 0 Å². The first-order valence-corrected chi connectivity index (χ1v) is 5.61. The summed E-state index contributed by atoms with van der Waals surface area (Å²) in [6, 6.07) is 2.36. The van der Waals surface area contributed by atoms with Crippen molar-refractivity contribution in [2.45, 2.75) is 19.1 Å². The lowest BCUT2D eigenvalue weighted by molar-refractivity contribution is -0.123. The van der Waals surface area contributed by atoms with E-state index in [2.05, 4.69) is 5.32 Å². The number of likely N-dealkylation sites (N-methyl/N-ethyl adjacent to an activating group) is 1. The Morgan fingerprint density at radius 1 is 1.56 bits per heavy atom. The molecule has 98 valence electrons. The fourth-order valence-electron chi connectivity index (χ4n) is 1.88. The summed E-state index contributed by atoms with van der Waals surface area (Å²) in [7, 11) is 1.65. The fourth-order valence-corrected chi connectivity index (χ4v) is 1.88. The Hall–Kier alpha value is -1.66. The summed E-state index contributed by atoms with van der Waals surface area (Å²) in [5, 5.41) is 21.1. The fraction of sp³-hybridized carbons (Fsp3) is 0.417. The molecule has 2 atom stereocenters. The van der Waals surface area contributed by atoms with Gasteiger partial charge in [-0.25, -0.2) is 4.39 Å². The first kappa shape index (κ1) is 12.8. The molecule has 1 aromatic carbocycles. The highest BCUT2D eigenvalue weighted by molar-refractivity contribution is 6.02. The maximum atomic E-state index is 13.9. The predicted molar refractivity (Wildman–Crippen MR) is 64.9 cm³/mol. The standard InChI is InChI=1S/C12H15FN2O3/c1-6(5-16)15(2)10-4-9-7(3-8(10)13)11(17)12(18)14-9/h3-4,6,11,16-17H,5H2,1-2H3,(H,14,18). The zero-order chi connectivity index (χ0) is 13.4. The second-order valence-electron chi connectivity index (χ2n) is 4.43. The second kappa shape index (κ2) is 4.55. The van der Waals surface area contributed by atoms with E-state index in [9.17, 15) is 14.3 Å². The van der Waals surface area contributed by atoms with Crippen molar-refractivity contribution < 1.29 is 19.4 Å². The van der Waals surface area contributed by atoms with E-state index in [-0.39, 0.29) is 23.9 Å². The maximum Gasteiger partial charge on any atom is 0.257 e. The van der Waals surface area contributed by atoms with Crippen LogP contribution >= 0.6 is 0 Å². The minimum atomic E-state index is -1.32. The highest BCUT2D eigenvalue weighted by Crippen LogP contribution is 2.35. The summed E-state index contributed by atoms with van der Waals surface area (Å²) in [4.78, 5) is 12.9. The molecule has 0 fully saturated rings. The van der Waals surface area contributed by atoms with Crippen LogP contribution in [0.5, 0.6) is 0 Å². The van der Waals surface area contributed by atoms with E-state index in [1.165, 1.54) is 6.07 Å². The van der Waals surface area contributed by atoms with Gasteiger partial charge in [-0.3, -0.25) is 4.79 Å².